The first-order chi connectivity index (χ1) is 10.2. The quantitative estimate of drug-likeness (QED) is 0.515. The molecule has 0 amide bonds. The molecule has 0 heterocycles. The molecular weight excluding hydrogens is 262 g/mol. The molecule has 21 heavy (non-hydrogen) atoms. The highest BCUT2D eigenvalue weighted by molar-refractivity contribution is 5.83. The molecule has 0 N–H and O–H groups in total. The Morgan fingerprint density at radius 1 is 1.14 bits per heavy atom. The monoisotopic (exact) mass is 285 g/mol. The molecule has 0 aliphatic heterocycles. The number of rotatable bonds is 9. The topological polar surface area (TPSA) is 29.5 Å². The van der Waals surface area contributed by atoms with E-state index in [2.05, 4.69) is 19.7 Å². The molecule has 0 aliphatic carbocycles. The Kier molecular flexibility index (Phi) is 6.63. The van der Waals surface area contributed by atoms with Gasteiger partial charge in [0.25, 0.3) is 0 Å². The van der Waals surface area contributed by atoms with Gasteiger partial charge in [-0.1, -0.05) is 48.6 Å². The van der Waals surface area contributed by atoms with Crippen molar-refractivity contribution in [2.75, 3.05) is 20.2 Å². The summed E-state index contributed by atoms with van der Waals surface area (Å²) in [5.74, 6) is -0.308. The van der Waals surface area contributed by atoms with Crippen LogP contribution in [0.1, 0.15) is 12.0 Å². The fourth-order valence-corrected chi connectivity index (χ4v) is 2.55. The molecule has 0 saturated heterocycles. The molecule has 0 spiro atoms. The van der Waals surface area contributed by atoms with Crippen LogP contribution in [0.5, 0.6) is 0 Å². The van der Waals surface area contributed by atoms with Crippen molar-refractivity contribution < 1.29 is 9.53 Å². The second kappa shape index (κ2) is 8.22. The first-order valence-electron chi connectivity index (χ1n) is 6.89. The lowest BCUT2D eigenvalue weighted by Gasteiger charge is -2.40. The van der Waals surface area contributed by atoms with Crippen LogP contribution in [0.15, 0.2) is 68.3 Å². The highest BCUT2D eigenvalue weighted by atomic mass is 16.5. The highest BCUT2D eigenvalue weighted by Crippen LogP contribution is 2.34. The summed E-state index contributed by atoms with van der Waals surface area (Å²) < 4.78 is 5.10. The smallest absolute Gasteiger partial charge is 0.331 e. The second-order valence-corrected chi connectivity index (χ2v) is 4.69. The molecule has 112 valence electrons. The van der Waals surface area contributed by atoms with E-state index in [1.165, 1.54) is 7.11 Å². The van der Waals surface area contributed by atoms with Crippen LogP contribution in [0.4, 0.5) is 0 Å². The van der Waals surface area contributed by atoms with E-state index in [1.807, 2.05) is 35.2 Å². The minimum Gasteiger partial charge on any atom is -0.467 e. The van der Waals surface area contributed by atoms with E-state index in [9.17, 15) is 4.79 Å². The van der Waals surface area contributed by atoms with E-state index in [0.717, 1.165) is 5.56 Å². The summed E-state index contributed by atoms with van der Waals surface area (Å²) in [7, 11) is 1.41. The zero-order valence-electron chi connectivity index (χ0n) is 12.6. The fraction of sp³-hybridized carbons (Fsp3) is 0.278. The van der Waals surface area contributed by atoms with Gasteiger partial charge in [0.2, 0.25) is 0 Å². The van der Waals surface area contributed by atoms with E-state index in [0.29, 0.717) is 19.5 Å². The lowest BCUT2D eigenvalue weighted by molar-refractivity contribution is -0.155. The Labute approximate surface area is 127 Å². The molecule has 0 fully saturated rings. The molecule has 1 aromatic rings. The third-order valence-corrected chi connectivity index (χ3v) is 3.45. The first kappa shape index (κ1) is 16.9. The number of esters is 1. The molecule has 1 rings (SSSR count). The van der Waals surface area contributed by atoms with Gasteiger partial charge in [-0.25, -0.2) is 4.79 Å². The zero-order valence-corrected chi connectivity index (χ0v) is 12.6. The molecule has 1 aromatic carbocycles. The zero-order chi connectivity index (χ0) is 15.7. The fourth-order valence-electron chi connectivity index (χ4n) is 2.55. The minimum atomic E-state index is -0.917. The lowest BCUT2D eigenvalue weighted by Crippen LogP contribution is -2.52. The van der Waals surface area contributed by atoms with Gasteiger partial charge in [-0.3, -0.25) is 4.90 Å². The average molecular weight is 285 g/mol. The van der Waals surface area contributed by atoms with E-state index < -0.39 is 5.54 Å². The third-order valence-electron chi connectivity index (χ3n) is 3.45. The Morgan fingerprint density at radius 2 is 1.71 bits per heavy atom. The molecule has 3 nitrogen and oxygen atoms in total. The van der Waals surface area contributed by atoms with Gasteiger partial charge in [-0.15, -0.1) is 19.7 Å². The maximum atomic E-state index is 12.6. The SMILES string of the molecule is C=CCN(CC=C)C(CC=C)(C(=O)OC)c1ccccc1. The number of hydrogen-bond acceptors (Lipinski definition) is 3. The Balaban J connectivity index is 3.49. The van der Waals surface area contributed by atoms with Crippen molar-refractivity contribution in [3.05, 3.63) is 73.9 Å². The predicted molar refractivity (Wildman–Crippen MR) is 86.9 cm³/mol. The van der Waals surface area contributed by atoms with Crippen LogP contribution in [0, 0.1) is 0 Å². The summed E-state index contributed by atoms with van der Waals surface area (Å²) in [6.45, 7) is 12.5. The molecule has 0 saturated carbocycles. The predicted octanol–water partition coefficient (Wildman–Crippen LogP) is 3.31. The summed E-state index contributed by atoms with van der Waals surface area (Å²) in [4.78, 5) is 14.6. The van der Waals surface area contributed by atoms with Crippen LogP contribution in [0.3, 0.4) is 0 Å². The summed E-state index contributed by atoms with van der Waals surface area (Å²) >= 11 is 0. The Morgan fingerprint density at radius 3 is 2.14 bits per heavy atom. The number of carbonyl (C=O) groups is 1. The van der Waals surface area contributed by atoms with Gasteiger partial charge in [0.1, 0.15) is 5.54 Å². The van der Waals surface area contributed by atoms with Crippen molar-refractivity contribution in [3.8, 4) is 0 Å². The maximum Gasteiger partial charge on any atom is 0.331 e. The van der Waals surface area contributed by atoms with Gasteiger partial charge in [0, 0.05) is 13.1 Å². The van der Waals surface area contributed by atoms with Crippen molar-refractivity contribution in [1.82, 2.24) is 4.90 Å². The van der Waals surface area contributed by atoms with Crippen molar-refractivity contribution in [2.45, 2.75) is 12.0 Å². The second-order valence-electron chi connectivity index (χ2n) is 4.69. The largest absolute Gasteiger partial charge is 0.467 e. The van der Waals surface area contributed by atoms with E-state index in [-0.39, 0.29) is 5.97 Å². The Bertz CT molecular complexity index is 485. The number of carbonyl (C=O) groups excluding carboxylic acids is 1. The van der Waals surface area contributed by atoms with Crippen LogP contribution in [-0.4, -0.2) is 31.1 Å². The Hall–Kier alpha value is -2.13. The summed E-state index contributed by atoms with van der Waals surface area (Å²) in [5.41, 5.74) is -0.0411. The summed E-state index contributed by atoms with van der Waals surface area (Å²) in [6, 6.07) is 9.61. The highest BCUT2D eigenvalue weighted by Gasteiger charge is 2.44. The van der Waals surface area contributed by atoms with Crippen LogP contribution in [0.25, 0.3) is 0 Å². The molecule has 0 bridgehead atoms. The maximum absolute atomic E-state index is 12.6. The van der Waals surface area contributed by atoms with E-state index in [1.54, 1.807) is 18.2 Å². The molecule has 1 atom stereocenters. The van der Waals surface area contributed by atoms with E-state index in [4.69, 9.17) is 4.74 Å². The van der Waals surface area contributed by atoms with Crippen molar-refractivity contribution in [2.24, 2.45) is 0 Å². The van der Waals surface area contributed by atoms with Gasteiger partial charge >= 0.3 is 5.97 Å². The van der Waals surface area contributed by atoms with Crippen molar-refractivity contribution in [3.63, 3.8) is 0 Å². The van der Waals surface area contributed by atoms with Crippen LogP contribution >= 0.6 is 0 Å². The average Bonchev–Trinajstić information content (AvgIpc) is 2.52. The van der Waals surface area contributed by atoms with Crippen molar-refractivity contribution >= 4 is 5.97 Å². The minimum absolute atomic E-state index is 0.308. The standard InChI is InChI=1S/C18H23NO2/c1-5-13-18(17(20)21-4,16-11-9-8-10-12-16)19(14-6-2)15-7-3/h5-12H,1-3,13-15H2,4H3. The molecule has 3 heteroatoms. The third kappa shape index (κ3) is 3.50. The molecular formula is C18H23NO2. The van der Waals surface area contributed by atoms with Crippen LogP contribution in [-0.2, 0) is 15.1 Å². The van der Waals surface area contributed by atoms with Crippen LogP contribution < -0.4 is 0 Å². The van der Waals surface area contributed by atoms with Crippen molar-refractivity contribution in [1.29, 1.82) is 0 Å². The van der Waals surface area contributed by atoms with Gasteiger partial charge in [-0.2, -0.15) is 0 Å². The number of benzene rings is 1. The molecule has 0 aliphatic rings. The molecule has 0 aromatic heterocycles. The summed E-state index contributed by atoms with van der Waals surface area (Å²) in [6.07, 6.45) is 5.73. The van der Waals surface area contributed by atoms with Gasteiger partial charge in [0.05, 0.1) is 7.11 Å². The van der Waals surface area contributed by atoms with E-state index >= 15 is 0 Å². The number of hydrogen-bond donors (Lipinski definition) is 0. The molecule has 1 unspecified atom stereocenters. The lowest BCUT2D eigenvalue weighted by atomic mass is 9.84. The normalized spacial score (nSPS) is 13.2. The van der Waals surface area contributed by atoms with Gasteiger partial charge in [-0.05, 0) is 12.0 Å². The number of nitrogens with zero attached hydrogens (tertiary/aromatic N) is 1. The van der Waals surface area contributed by atoms with Gasteiger partial charge in [0.15, 0.2) is 0 Å². The first-order valence-corrected chi connectivity index (χ1v) is 6.89. The number of ether oxygens (including phenoxy) is 1. The number of methoxy groups -OCH3 is 1. The summed E-state index contributed by atoms with van der Waals surface area (Å²) in [5, 5.41) is 0. The molecule has 0 radical (unpaired) electrons. The van der Waals surface area contributed by atoms with Crippen LogP contribution in [0.2, 0.25) is 0 Å². The van der Waals surface area contributed by atoms with Gasteiger partial charge < -0.3 is 4.74 Å².